The summed E-state index contributed by atoms with van der Waals surface area (Å²) in [7, 11) is -3.58. The van der Waals surface area contributed by atoms with Crippen molar-refractivity contribution in [1.29, 1.82) is 0 Å². The Hall–Kier alpha value is -0.140. The van der Waals surface area contributed by atoms with Crippen molar-refractivity contribution in [3.8, 4) is 0 Å². The molecule has 0 bridgehead atoms. The van der Waals surface area contributed by atoms with Gasteiger partial charge >= 0.3 is 0 Å². The van der Waals surface area contributed by atoms with Gasteiger partial charge in [-0.1, -0.05) is 17.7 Å². The Kier molecular flexibility index (Phi) is 4.66. The van der Waals surface area contributed by atoms with Crippen LogP contribution in [-0.2, 0) is 10.0 Å². The van der Waals surface area contributed by atoms with E-state index in [0.717, 1.165) is 25.9 Å². The van der Waals surface area contributed by atoms with Crippen molar-refractivity contribution in [2.45, 2.75) is 23.8 Å². The van der Waals surface area contributed by atoms with Crippen LogP contribution in [0.3, 0.4) is 0 Å². The molecule has 1 heterocycles. The number of hydrogen-bond donors (Lipinski definition) is 2. The molecule has 1 saturated heterocycles. The summed E-state index contributed by atoms with van der Waals surface area (Å²) in [6.07, 6.45) is 1.59. The molecule has 0 saturated carbocycles. The van der Waals surface area contributed by atoms with Crippen LogP contribution in [0, 0.1) is 0 Å². The Morgan fingerprint density at radius 3 is 2.61 bits per heavy atom. The van der Waals surface area contributed by atoms with E-state index in [0.29, 0.717) is 4.47 Å². The lowest BCUT2D eigenvalue weighted by atomic mass is 10.1. The molecule has 0 aliphatic carbocycles. The number of halogens is 2. The van der Waals surface area contributed by atoms with E-state index >= 15 is 0 Å². The van der Waals surface area contributed by atoms with Gasteiger partial charge in [-0.05, 0) is 54.0 Å². The lowest BCUT2D eigenvalue weighted by Gasteiger charge is -2.24. The first-order chi connectivity index (χ1) is 8.50. The topological polar surface area (TPSA) is 58.2 Å². The molecule has 0 atom stereocenters. The molecule has 100 valence electrons. The fourth-order valence-corrected chi connectivity index (χ4v) is 5.00. The van der Waals surface area contributed by atoms with Gasteiger partial charge in [-0.15, -0.1) is 0 Å². The molecular weight excluding hydrogens is 340 g/mol. The van der Waals surface area contributed by atoms with Gasteiger partial charge in [0.25, 0.3) is 0 Å². The first-order valence-electron chi connectivity index (χ1n) is 5.68. The largest absolute Gasteiger partial charge is 0.317 e. The number of benzene rings is 1. The molecule has 0 aromatic heterocycles. The standard InChI is InChI=1S/C11H14BrClN2O2S/c12-9-2-1-3-10(13)11(9)18(16,17)15-8-4-6-14-7-5-8/h1-3,8,14-15H,4-7H2. The highest BCUT2D eigenvalue weighted by Gasteiger charge is 2.25. The monoisotopic (exact) mass is 352 g/mol. The molecule has 2 rings (SSSR count). The van der Waals surface area contributed by atoms with E-state index in [-0.39, 0.29) is 16.0 Å². The van der Waals surface area contributed by atoms with Crippen molar-refractivity contribution < 1.29 is 8.42 Å². The van der Waals surface area contributed by atoms with Crippen molar-refractivity contribution >= 4 is 37.6 Å². The highest BCUT2D eigenvalue weighted by atomic mass is 79.9. The quantitative estimate of drug-likeness (QED) is 0.875. The summed E-state index contributed by atoms with van der Waals surface area (Å²) in [5, 5.41) is 3.42. The van der Waals surface area contributed by atoms with Gasteiger partial charge in [0.1, 0.15) is 4.90 Å². The highest BCUT2D eigenvalue weighted by molar-refractivity contribution is 9.10. The van der Waals surface area contributed by atoms with Crippen molar-refractivity contribution in [2.24, 2.45) is 0 Å². The van der Waals surface area contributed by atoms with Gasteiger partial charge in [0.2, 0.25) is 10.0 Å². The van der Waals surface area contributed by atoms with Crippen LogP contribution in [0.5, 0.6) is 0 Å². The summed E-state index contributed by atoms with van der Waals surface area (Å²) in [5.41, 5.74) is 0. The van der Waals surface area contributed by atoms with Crippen LogP contribution in [0.25, 0.3) is 0 Å². The number of nitrogens with one attached hydrogen (secondary N) is 2. The fourth-order valence-electron chi connectivity index (χ4n) is 1.96. The Balaban J connectivity index is 2.25. The molecule has 1 fully saturated rings. The van der Waals surface area contributed by atoms with Crippen molar-refractivity contribution in [1.82, 2.24) is 10.0 Å². The smallest absolute Gasteiger partial charge is 0.243 e. The van der Waals surface area contributed by atoms with Crippen molar-refractivity contribution in [2.75, 3.05) is 13.1 Å². The van der Waals surface area contributed by atoms with Crippen LogP contribution in [0.4, 0.5) is 0 Å². The predicted octanol–water partition coefficient (Wildman–Crippen LogP) is 2.13. The SMILES string of the molecule is O=S(=O)(NC1CCNCC1)c1c(Cl)cccc1Br. The minimum Gasteiger partial charge on any atom is -0.317 e. The van der Waals surface area contributed by atoms with E-state index in [9.17, 15) is 8.42 Å². The second-order valence-corrected chi connectivity index (χ2v) is 7.11. The average molecular weight is 354 g/mol. The third-order valence-corrected chi connectivity index (χ3v) is 5.82. The minimum atomic E-state index is -3.58. The molecular formula is C11H14BrClN2O2S. The maximum absolute atomic E-state index is 12.3. The second kappa shape index (κ2) is 5.88. The molecule has 0 spiro atoms. The average Bonchev–Trinajstić information content (AvgIpc) is 2.28. The lowest BCUT2D eigenvalue weighted by molar-refractivity contribution is 0.427. The zero-order chi connectivity index (χ0) is 13.2. The van der Waals surface area contributed by atoms with Crippen LogP contribution >= 0.6 is 27.5 Å². The van der Waals surface area contributed by atoms with Gasteiger partial charge in [0.15, 0.2) is 0 Å². The van der Waals surface area contributed by atoms with Crippen LogP contribution < -0.4 is 10.0 Å². The highest BCUT2D eigenvalue weighted by Crippen LogP contribution is 2.29. The Bertz CT molecular complexity index is 510. The zero-order valence-electron chi connectivity index (χ0n) is 9.62. The van der Waals surface area contributed by atoms with Crippen LogP contribution in [0.15, 0.2) is 27.6 Å². The van der Waals surface area contributed by atoms with E-state index in [4.69, 9.17) is 11.6 Å². The molecule has 18 heavy (non-hydrogen) atoms. The van der Waals surface area contributed by atoms with E-state index in [1.54, 1.807) is 18.2 Å². The van der Waals surface area contributed by atoms with Gasteiger partial charge in [0.05, 0.1) is 5.02 Å². The summed E-state index contributed by atoms with van der Waals surface area (Å²) < 4.78 is 27.8. The molecule has 0 amide bonds. The number of piperidine rings is 1. The molecule has 0 radical (unpaired) electrons. The molecule has 0 unspecified atom stereocenters. The first kappa shape index (κ1) is 14.3. The predicted molar refractivity (Wildman–Crippen MR) is 75.4 cm³/mol. The maximum Gasteiger partial charge on any atom is 0.243 e. The van der Waals surface area contributed by atoms with Gasteiger partial charge in [0, 0.05) is 10.5 Å². The molecule has 1 aliphatic rings. The summed E-state index contributed by atoms with van der Waals surface area (Å²) in [6.45, 7) is 1.66. The van der Waals surface area contributed by atoms with Crippen molar-refractivity contribution in [3.05, 3.63) is 27.7 Å². The third kappa shape index (κ3) is 3.24. The van der Waals surface area contributed by atoms with E-state index in [1.165, 1.54) is 0 Å². The summed E-state index contributed by atoms with van der Waals surface area (Å²) in [6, 6.07) is 4.92. The summed E-state index contributed by atoms with van der Waals surface area (Å²) in [4.78, 5) is 0.116. The Labute approximate surface area is 120 Å². The number of sulfonamides is 1. The summed E-state index contributed by atoms with van der Waals surface area (Å²) in [5.74, 6) is 0. The molecule has 1 aliphatic heterocycles. The van der Waals surface area contributed by atoms with E-state index in [1.807, 2.05) is 0 Å². The van der Waals surface area contributed by atoms with Gasteiger partial charge in [-0.25, -0.2) is 13.1 Å². The molecule has 2 N–H and O–H groups in total. The maximum atomic E-state index is 12.3. The van der Waals surface area contributed by atoms with Crippen molar-refractivity contribution in [3.63, 3.8) is 0 Å². The normalized spacial score (nSPS) is 17.9. The van der Waals surface area contributed by atoms with E-state index < -0.39 is 10.0 Å². The summed E-state index contributed by atoms with van der Waals surface area (Å²) >= 11 is 9.20. The molecule has 1 aromatic rings. The van der Waals surface area contributed by atoms with E-state index in [2.05, 4.69) is 26.0 Å². The number of rotatable bonds is 3. The second-order valence-electron chi connectivity index (χ2n) is 4.20. The Morgan fingerprint density at radius 1 is 1.33 bits per heavy atom. The minimum absolute atomic E-state index is 0.0283. The lowest BCUT2D eigenvalue weighted by Crippen LogP contribution is -2.42. The molecule has 7 heteroatoms. The fraction of sp³-hybridized carbons (Fsp3) is 0.455. The first-order valence-corrected chi connectivity index (χ1v) is 8.33. The van der Waals surface area contributed by atoms with Crippen LogP contribution in [-0.4, -0.2) is 27.5 Å². The van der Waals surface area contributed by atoms with Gasteiger partial charge < -0.3 is 5.32 Å². The van der Waals surface area contributed by atoms with Gasteiger partial charge in [-0.2, -0.15) is 0 Å². The third-order valence-electron chi connectivity index (χ3n) is 2.85. The van der Waals surface area contributed by atoms with Crippen LogP contribution in [0.1, 0.15) is 12.8 Å². The van der Waals surface area contributed by atoms with Gasteiger partial charge in [-0.3, -0.25) is 0 Å². The molecule has 1 aromatic carbocycles. The molecule has 4 nitrogen and oxygen atoms in total. The Morgan fingerprint density at radius 2 is 2.00 bits per heavy atom. The zero-order valence-corrected chi connectivity index (χ0v) is 12.8. The van der Waals surface area contributed by atoms with Crippen LogP contribution in [0.2, 0.25) is 5.02 Å². The number of hydrogen-bond acceptors (Lipinski definition) is 3.